The average Bonchev–Trinajstić information content (AvgIpc) is 3.15. The van der Waals surface area contributed by atoms with E-state index in [4.69, 9.17) is 16.6 Å². The zero-order valence-electron chi connectivity index (χ0n) is 11.1. The van der Waals surface area contributed by atoms with Crippen LogP contribution in [0.25, 0.3) is 11.6 Å². The summed E-state index contributed by atoms with van der Waals surface area (Å²) in [6.45, 7) is 0. The normalized spacial score (nSPS) is 11.1. The molecule has 0 aliphatic heterocycles. The third-order valence-corrected chi connectivity index (χ3v) is 3.12. The Morgan fingerprint density at radius 1 is 1.36 bits per heavy atom. The van der Waals surface area contributed by atoms with Crippen molar-refractivity contribution in [3.8, 4) is 11.6 Å². The molecule has 3 rings (SSSR count). The van der Waals surface area contributed by atoms with Crippen molar-refractivity contribution in [3.63, 3.8) is 0 Å². The molecule has 0 saturated heterocycles. The van der Waals surface area contributed by atoms with Gasteiger partial charge in [0.1, 0.15) is 0 Å². The Bertz CT molecular complexity index is 876. The molecule has 22 heavy (non-hydrogen) atoms. The van der Waals surface area contributed by atoms with E-state index in [9.17, 15) is 9.90 Å². The first-order valence-corrected chi connectivity index (χ1v) is 6.63. The Labute approximate surface area is 129 Å². The lowest BCUT2D eigenvalue weighted by molar-refractivity contribution is -0.255. The third kappa shape index (κ3) is 2.72. The number of hydrogen-bond donors (Lipinski definition) is 1. The quantitative estimate of drug-likeness (QED) is 0.580. The molecule has 3 aromatic rings. The largest absolute Gasteiger partial charge is 0.545 e. The van der Waals surface area contributed by atoms with Crippen molar-refractivity contribution in [2.24, 2.45) is 5.10 Å². The Balaban J connectivity index is 1.91. The van der Waals surface area contributed by atoms with Crippen molar-refractivity contribution in [2.45, 2.75) is 0 Å². The van der Waals surface area contributed by atoms with Gasteiger partial charge in [0.2, 0.25) is 10.6 Å². The molecule has 0 aliphatic rings. The van der Waals surface area contributed by atoms with E-state index >= 15 is 0 Å². The van der Waals surface area contributed by atoms with E-state index in [0.29, 0.717) is 21.9 Å². The van der Waals surface area contributed by atoms with Crippen molar-refractivity contribution >= 4 is 24.4 Å². The SMILES string of the molecule is O=C([O-])c1ccc(/C=N\n2c(-c3ccco3)n[nH]c2=S)cc1. The van der Waals surface area contributed by atoms with Gasteiger partial charge in [-0.1, -0.05) is 24.3 Å². The number of carboxylic acid groups (broad SMARTS) is 1. The maximum atomic E-state index is 10.7. The number of aromatic nitrogens is 3. The van der Waals surface area contributed by atoms with Gasteiger partial charge in [0.25, 0.3) is 0 Å². The number of rotatable bonds is 4. The maximum Gasteiger partial charge on any atom is 0.219 e. The number of nitrogens with zero attached hydrogens (tertiary/aromatic N) is 3. The molecule has 2 heterocycles. The van der Waals surface area contributed by atoms with Crippen LogP contribution in [0.5, 0.6) is 0 Å². The molecule has 110 valence electrons. The van der Waals surface area contributed by atoms with Gasteiger partial charge in [0, 0.05) is 0 Å². The molecule has 8 heteroatoms. The summed E-state index contributed by atoms with van der Waals surface area (Å²) in [5.74, 6) is -0.255. The Hall–Kier alpha value is -3.00. The zero-order chi connectivity index (χ0) is 15.5. The number of nitrogens with one attached hydrogen (secondary N) is 1. The first kappa shape index (κ1) is 14.0. The minimum atomic E-state index is -1.22. The van der Waals surface area contributed by atoms with Gasteiger partial charge >= 0.3 is 0 Å². The monoisotopic (exact) mass is 313 g/mol. The highest BCUT2D eigenvalue weighted by Crippen LogP contribution is 2.17. The summed E-state index contributed by atoms with van der Waals surface area (Å²) in [5.41, 5.74) is 0.812. The highest BCUT2D eigenvalue weighted by Gasteiger charge is 2.10. The Kier molecular flexibility index (Phi) is 3.67. The van der Waals surface area contributed by atoms with E-state index in [1.807, 2.05) is 0 Å². The van der Waals surface area contributed by atoms with Crippen LogP contribution in [-0.2, 0) is 0 Å². The number of carbonyl (C=O) groups excluding carboxylic acids is 1. The summed E-state index contributed by atoms with van der Waals surface area (Å²) < 4.78 is 7.00. The smallest absolute Gasteiger partial charge is 0.219 e. The second-order valence-corrected chi connectivity index (χ2v) is 4.68. The predicted molar refractivity (Wildman–Crippen MR) is 78.9 cm³/mol. The molecule has 1 aromatic carbocycles. The summed E-state index contributed by atoms with van der Waals surface area (Å²) >= 11 is 5.12. The number of aromatic carboxylic acids is 1. The van der Waals surface area contributed by atoms with Crippen LogP contribution < -0.4 is 5.11 Å². The summed E-state index contributed by atoms with van der Waals surface area (Å²) in [6.07, 6.45) is 3.07. The minimum absolute atomic E-state index is 0.105. The number of carbonyl (C=O) groups is 1. The number of carboxylic acids is 1. The van der Waals surface area contributed by atoms with Crippen LogP contribution in [0.1, 0.15) is 15.9 Å². The third-order valence-electron chi connectivity index (χ3n) is 2.86. The molecule has 0 radical (unpaired) electrons. The predicted octanol–water partition coefficient (Wildman–Crippen LogP) is 1.45. The van der Waals surface area contributed by atoms with Crippen LogP contribution in [0.2, 0.25) is 0 Å². The van der Waals surface area contributed by atoms with Gasteiger partial charge in [0.05, 0.1) is 18.4 Å². The van der Waals surface area contributed by atoms with Gasteiger partial charge in [-0.15, -0.1) is 5.10 Å². The fourth-order valence-electron chi connectivity index (χ4n) is 1.79. The molecular weight excluding hydrogens is 304 g/mol. The van der Waals surface area contributed by atoms with Crippen LogP contribution in [0.4, 0.5) is 0 Å². The summed E-state index contributed by atoms with van der Waals surface area (Å²) in [5, 5.41) is 21.6. The molecule has 0 saturated carbocycles. The highest BCUT2D eigenvalue weighted by atomic mass is 32.1. The number of benzene rings is 1. The lowest BCUT2D eigenvalue weighted by Crippen LogP contribution is -2.21. The average molecular weight is 313 g/mol. The van der Waals surface area contributed by atoms with Gasteiger partial charge < -0.3 is 14.3 Å². The fourth-order valence-corrected chi connectivity index (χ4v) is 1.97. The highest BCUT2D eigenvalue weighted by molar-refractivity contribution is 7.71. The summed E-state index contributed by atoms with van der Waals surface area (Å²) in [4.78, 5) is 10.7. The second-order valence-electron chi connectivity index (χ2n) is 4.30. The molecule has 0 unspecified atom stereocenters. The van der Waals surface area contributed by atoms with E-state index in [1.54, 1.807) is 24.3 Å². The second kappa shape index (κ2) is 5.78. The van der Waals surface area contributed by atoms with Crippen molar-refractivity contribution in [3.05, 3.63) is 58.6 Å². The molecule has 0 atom stereocenters. The maximum absolute atomic E-state index is 10.7. The molecule has 0 spiro atoms. The lowest BCUT2D eigenvalue weighted by atomic mass is 10.1. The lowest BCUT2D eigenvalue weighted by Gasteiger charge is -2.01. The zero-order valence-corrected chi connectivity index (χ0v) is 11.9. The van der Waals surface area contributed by atoms with Crippen LogP contribution in [0.15, 0.2) is 52.2 Å². The molecule has 0 fully saturated rings. The standard InChI is InChI=1S/C14H10N4O3S/c19-13(20)10-5-3-9(4-6-10)8-15-18-12(16-17-14(18)22)11-2-1-7-21-11/h1-8H,(H,17,22)(H,19,20)/p-1/b15-8-. The minimum Gasteiger partial charge on any atom is -0.545 e. The van der Waals surface area contributed by atoms with E-state index in [0.717, 1.165) is 0 Å². The van der Waals surface area contributed by atoms with Crippen molar-refractivity contribution in [1.29, 1.82) is 0 Å². The number of aromatic amines is 1. The van der Waals surface area contributed by atoms with Crippen molar-refractivity contribution < 1.29 is 14.3 Å². The number of furan rings is 1. The van der Waals surface area contributed by atoms with Gasteiger partial charge in [-0.3, -0.25) is 0 Å². The Morgan fingerprint density at radius 3 is 2.77 bits per heavy atom. The first-order valence-electron chi connectivity index (χ1n) is 6.22. The van der Waals surface area contributed by atoms with Crippen molar-refractivity contribution in [1.82, 2.24) is 14.9 Å². The van der Waals surface area contributed by atoms with E-state index in [2.05, 4.69) is 15.3 Å². The molecule has 0 aliphatic carbocycles. The molecule has 7 nitrogen and oxygen atoms in total. The van der Waals surface area contributed by atoms with Crippen LogP contribution >= 0.6 is 12.2 Å². The number of hydrogen-bond acceptors (Lipinski definition) is 6. The molecule has 1 N–H and O–H groups in total. The summed E-state index contributed by atoms with van der Waals surface area (Å²) in [7, 11) is 0. The van der Waals surface area contributed by atoms with Crippen LogP contribution in [0, 0.1) is 4.77 Å². The van der Waals surface area contributed by atoms with E-state index in [1.165, 1.54) is 29.3 Å². The molecule has 0 amide bonds. The van der Waals surface area contributed by atoms with Gasteiger partial charge in [-0.2, -0.15) is 9.78 Å². The fraction of sp³-hybridized carbons (Fsp3) is 0. The summed E-state index contributed by atoms with van der Waals surface area (Å²) in [6, 6.07) is 9.60. The topological polar surface area (TPSA) is 99.2 Å². The van der Waals surface area contributed by atoms with E-state index < -0.39 is 5.97 Å². The molecular formula is C14H9N4O3S-. The van der Waals surface area contributed by atoms with Crippen LogP contribution in [-0.4, -0.2) is 27.1 Å². The Morgan fingerprint density at radius 2 is 2.14 bits per heavy atom. The van der Waals surface area contributed by atoms with Gasteiger partial charge in [-0.05, 0) is 35.5 Å². The van der Waals surface area contributed by atoms with E-state index in [-0.39, 0.29) is 5.56 Å². The first-order chi connectivity index (χ1) is 10.6. The van der Waals surface area contributed by atoms with Gasteiger partial charge in [-0.25, -0.2) is 5.10 Å². The molecule has 0 bridgehead atoms. The van der Waals surface area contributed by atoms with Crippen LogP contribution in [0.3, 0.4) is 0 Å². The van der Waals surface area contributed by atoms with Gasteiger partial charge in [0.15, 0.2) is 5.76 Å². The van der Waals surface area contributed by atoms with Crippen molar-refractivity contribution in [2.75, 3.05) is 0 Å². The number of H-pyrrole nitrogens is 1. The molecule has 2 aromatic heterocycles.